The third kappa shape index (κ3) is 6.59. The maximum atomic E-state index is 12.5. The fraction of sp³-hybridized carbons (Fsp3) is 0.280. The molecular weight excluding hydrogens is 482 g/mol. The van der Waals surface area contributed by atoms with E-state index in [1.54, 1.807) is 30.3 Å². The van der Waals surface area contributed by atoms with Crippen LogP contribution in [-0.2, 0) is 27.7 Å². The maximum absolute atomic E-state index is 12.5. The SMILES string of the molecule is N#Cc1cc2c(nc1SCCC(=O)Nc1ccc(S(=O)(=O)Nc3ccccn3)cc1)CCCCC2. The van der Waals surface area contributed by atoms with Gasteiger partial charge in [-0.05, 0) is 73.7 Å². The number of nitrogens with zero attached hydrogens (tertiary/aromatic N) is 3. The molecular formula is C25H25N5O3S2. The molecule has 1 amide bonds. The predicted octanol–water partition coefficient (Wildman–Crippen LogP) is 4.54. The van der Waals surface area contributed by atoms with E-state index in [9.17, 15) is 18.5 Å². The summed E-state index contributed by atoms with van der Waals surface area (Å²) in [7, 11) is -3.78. The number of nitriles is 1. The van der Waals surface area contributed by atoms with Crippen LogP contribution in [0.15, 0.2) is 64.6 Å². The van der Waals surface area contributed by atoms with Gasteiger partial charge in [0.1, 0.15) is 16.9 Å². The first-order chi connectivity index (χ1) is 16.9. The zero-order valence-corrected chi connectivity index (χ0v) is 20.7. The van der Waals surface area contributed by atoms with Gasteiger partial charge >= 0.3 is 0 Å². The molecule has 3 aromatic rings. The van der Waals surface area contributed by atoms with Gasteiger partial charge in [-0.2, -0.15) is 5.26 Å². The molecule has 0 saturated carbocycles. The molecule has 0 fully saturated rings. The number of carbonyl (C=O) groups excluding carboxylic acids is 1. The molecule has 2 N–H and O–H groups in total. The van der Waals surface area contributed by atoms with Gasteiger partial charge in [0.2, 0.25) is 5.91 Å². The Bertz CT molecular complexity index is 1340. The molecule has 2 heterocycles. The number of thioether (sulfide) groups is 1. The second kappa shape index (κ2) is 11.3. The van der Waals surface area contributed by atoms with Crippen molar-refractivity contribution in [1.82, 2.24) is 9.97 Å². The van der Waals surface area contributed by atoms with Crippen molar-refractivity contribution >= 4 is 39.2 Å². The number of amides is 1. The number of nitrogens with one attached hydrogen (secondary N) is 2. The highest BCUT2D eigenvalue weighted by atomic mass is 32.2. The van der Waals surface area contributed by atoms with Crippen LogP contribution in [0.25, 0.3) is 0 Å². The molecule has 2 aromatic heterocycles. The van der Waals surface area contributed by atoms with Crippen LogP contribution in [-0.4, -0.2) is 30.0 Å². The Labute approximate surface area is 209 Å². The Hall–Kier alpha value is -3.42. The van der Waals surface area contributed by atoms with E-state index < -0.39 is 10.0 Å². The largest absolute Gasteiger partial charge is 0.326 e. The Kier molecular flexibility index (Phi) is 8.00. The van der Waals surface area contributed by atoms with Gasteiger partial charge in [0.05, 0.1) is 10.5 Å². The smallest absolute Gasteiger partial charge is 0.263 e. The Morgan fingerprint density at radius 2 is 1.89 bits per heavy atom. The van der Waals surface area contributed by atoms with Gasteiger partial charge in [-0.25, -0.2) is 18.4 Å². The summed E-state index contributed by atoms with van der Waals surface area (Å²) < 4.78 is 27.4. The van der Waals surface area contributed by atoms with Crippen molar-refractivity contribution < 1.29 is 13.2 Å². The van der Waals surface area contributed by atoms with Crippen LogP contribution in [0.5, 0.6) is 0 Å². The second-order valence-electron chi connectivity index (χ2n) is 8.11. The van der Waals surface area contributed by atoms with Crippen molar-refractivity contribution in [2.75, 3.05) is 15.8 Å². The average Bonchev–Trinajstić information content (AvgIpc) is 3.09. The average molecular weight is 508 g/mol. The summed E-state index contributed by atoms with van der Waals surface area (Å²) in [5, 5.41) is 13.0. The molecule has 0 spiro atoms. The fourth-order valence-electron chi connectivity index (χ4n) is 3.78. The van der Waals surface area contributed by atoms with Crippen molar-refractivity contribution in [3.05, 3.63) is 71.5 Å². The molecule has 0 saturated heterocycles. The number of fused-ring (bicyclic) bond motifs is 1. The van der Waals surface area contributed by atoms with Crippen molar-refractivity contribution in [3.8, 4) is 6.07 Å². The van der Waals surface area contributed by atoms with E-state index in [0.29, 0.717) is 22.0 Å². The van der Waals surface area contributed by atoms with Gasteiger partial charge in [0.25, 0.3) is 10.0 Å². The van der Waals surface area contributed by atoms with Crippen molar-refractivity contribution in [3.63, 3.8) is 0 Å². The molecule has 0 aliphatic heterocycles. The van der Waals surface area contributed by atoms with Crippen LogP contribution in [0.3, 0.4) is 0 Å². The quantitative estimate of drug-likeness (QED) is 0.339. The molecule has 0 unspecified atom stereocenters. The zero-order valence-electron chi connectivity index (χ0n) is 19.0. The monoisotopic (exact) mass is 507 g/mol. The molecule has 0 radical (unpaired) electrons. The lowest BCUT2D eigenvalue weighted by Crippen LogP contribution is -2.15. The number of aryl methyl sites for hydroxylation is 2. The Morgan fingerprint density at radius 1 is 1.09 bits per heavy atom. The number of sulfonamides is 1. The number of rotatable bonds is 8. The number of pyridine rings is 2. The number of anilines is 2. The molecule has 0 bridgehead atoms. The van der Waals surface area contributed by atoms with Crippen molar-refractivity contribution in [1.29, 1.82) is 5.26 Å². The highest BCUT2D eigenvalue weighted by Gasteiger charge is 2.16. The normalized spacial score (nSPS) is 13.2. The highest BCUT2D eigenvalue weighted by Crippen LogP contribution is 2.27. The minimum Gasteiger partial charge on any atom is -0.326 e. The standard InChI is InChI=1S/C25H25N5O3S2/c26-17-19-16-18-6-2-1-3-7-22(18)29-25(19)34-15-13-24(31)28-20-9-11-21(12-10-20)35(32,33)30-23-8-4-5-14-27-23/h4-5,8-12,14,16H,1-3,6-7,13,15H2,(H,27,30)(H,28,31). The number of aromatic nitrogens is 2. The van der Waals surface area contributed by atoms with Crippen LogP contribution >= 0.6 is 11.8 Å². The lowest BCUT2D eigenvalue weighted by Gasteiger charge is -2.10. The summed E-state index contributed by atoms with van der Waals surface area (Å²) in [4.78, 5) is 21.2. The number of hydrogen-bond acceptors (Lipinski definition) is 7. The van der Waals surface area contributed by atoms with E-state index >= 15 is 0 Å². The van der Waals surface area contributed by atoms with Gasteiger partial charge in [-0.3, -0.25) is 9.52 Å². The number of benzene rings is 1. The lowest BCUT2D eigenvalue weighted by atomic mass is 10.1. The first kappa shape index (κ1) is 24.7. The van der Waals surface area contributed by atoms with Gasteiger partial charge in [-0.15, -0.1) is 11.8 Å². The molecule has 1 aliphatic carbocycles. The molecule has 35 heavy (non-hydrogen) atoms. The van der Waals surface area contributed by atoms with E-state index in [2.05, 4.69) is 21.1 Å². The summed E-state index contributed by atoms with van der Waals surface area (Å²) >= 11 is 1.41. The summed E-state index contributed by atoms with van der Waals surface area (Å²) in [5.41, 5.74) is 3.30. The Balaban J connectivity index is 1.32. The summed E-state index contributed by atoms with van der Waals surface area (Å²) in [6.07, 6.45) is 7.03. The highest BCUT2D eigenvalue weighted by molar-refractivity contribution is 7.99. The topological polar surface area (TPSA) is 125 Å². The lowest BCUT2D eigenvalue weighted by molar-refractivity contribution is -0.115. The number of carbonyl (C=O) groups is 1. The summed E-state index contributed by atoms with van der Waals surface area (Å²) in [6.45, 7) is 0. The Morgan fingerprint density at radius 3 is 2.63 bits per heavy atom. The van der Waals surface area contributed by atoms with E-state index in [1.165, 1.54) is 42.1 Å². The molecule has 1 aromatic carbocycles. The summed E-state index contributed by atoms with van der Waals surface area (Å²) in [6, 6.07) is 15.1. The molecule has 1 aliphatic rings. The molecule has 180 valence electrons. The van der Waals surface area contributed by atoms with E-state index in [4.69, 9.17) is 4.98 Å². The van der Waals surface area contributed by atoms with E-state index in [1.807, 2.05) is 6.07 Å². The van der Waals surface area contributed by atoms with Gasteiger partial charge < -0.3 is 5.32 Å². The van der Waals surface area contributed by atoms with Gasteiger partial charge in [-0.1, -0.05) is 12.5 Å². The zero-order chi connectivity index (χ0) is 24.7. The maximum Gasteiger partial charge on any atom is 0.263 e. The van der Waals surface area contributed by atoms with Crippen LogP contribution < -0.4 is 10.0 Å². The third-order valence-electron chi connectivity index (χ3n) is 5.56. The first-order valence-electron chi connectivity index (χ1n) is 11.3. The van der Waals surface area contributed by atoms with Crippen LogP contribution in [0, 0.1) is 11.3 Å². The molecule has 0 atom stereocenters. The molecule has 4 rings (SSSR count). The predicted molar refractivity (Wildman–Crippen MR) is 136 cm³/mol. The fourth-order valence-corrected chi connectivity index (χ4v) is 5.71. The minimum atomic E-state index is -3.78. The minimum absolute atomic E-state index is 0.0648. The van der Waals surface area contributed by atoms with Crippen LogP contribution in [0.1, 0.15) is 42.5 Å². The van der Waals surface area contributed by atoms with Gasteiger partial charge in [0, 0.05) is 29.8 Å². The van der Waals surface area contributed by atoms with E-state index in [0.717, 1.165) is 31.4 Å². The van der Waals surface area contributed by atoms with Crippen LogP contribution in [0.4, 0.5) is 11.5 Å². The van der Waals surface area contributed by atoms with Crippen molar-refractivity contribution in [2.24, 2.45) is 0 Å². The third-order valence-corrected chi connectivity index (χ3v) is 7.92. The molecule has 10 heteroatoms. The summed E-state index contributed by atoms with van der Waals surface area (Å²) in [5.74, 6) is 0.506. The molecule has 8 nitrogen and oxygen atoms in total. The van der Waals surface area contributed by atoms with Gasteiger partial charge in [0.15, 0.2) is 0 Å². The number of hydrogen-bond donors (Lipinski definition) is 2. The first-order valence-corrected chi connectivity index (χ1v) is 13.8. The van der Waals surface area contributed by atoms with E-state index in [-0.39, 0.29) is 23.0 Å². The van der Waals surface area contributed by atoms with Crippen molar-refractivity contribution in [2.45, 2.75) is 48.4 Å². The van der Waals surface area contributed by atoms with Crippen LogP contribution in [0.2, 0.25) is 0 Å². The second-order valence-corrected chi connectivity index (χ2v) is 10.9.